The largest absolute Gasteiger partial charge is 0.412 e. The molecule has 0 aliphatic carbocycles. The zero-order valence-corrected chi connectivity index (χ0v) is 7.28. The van der Waals surface area contributed by atoms with Crippen molar-refractivity contribution < 1.29 is 11.0 Å². The second kappa shape index (κ2) is 16.2. The van der Waals surface area contributed by atoms with Crippen LogP contribution in [0.25, 0.3) is 0 Å². The first-order valence-corrected chi connectivity index (χ1v) is 2.41. The van der Waals surface area contributed by atoms with E-state index in [0.717, 1.165) is 26.2 Å². The molecular formula is C4H16Cl2N2O2. The van der Waals surface area contributed by atoms with Crippen LogP contribution >= 0.6 is 24.8 Å². The Balaban J connectivity index is -0.0000000450. The van der Waals surface area contributed by atoms with E-state index in [0.29, 0.717) is 0 Å². The molecule has 1 rings (SSSR count). The molecule has 1 aliphatic heterocycles. The number of hydrogen-bond acceptors (Lipinski definition) is 2. The van der Waals surface area contributed by atoms with Crippen molar-refractivity contribution in [1.29, 1.82) is 0 Å². The topological polar surface area (TPSA) is 87.1 Å². The van der Waals surface area contributed by atoms with Gasteiger partial charge in [-0.2, -0.15) is 0 Å². The van der Waals surface area contributed by atoms with Crippen LogP contribution in [0.4, 0.5) is 0 Å². The second-order valence-electron chi connectivity index (χ2n) is 1.50. The summed E-state index contributed by atoms with van der Waals surface area (Å²) in [5.74, 6) is 0. The van der Waals surface area contributed by atoms with Crippen molar-refractivity contribution in [2.45, 2.75) is 0 Å². The average Bonchev–Trinajstić information content (AvgIpc) is 1.72. The molecule has 1 saturated heterocycles. The van der Waals surface area contributed by atoms with Crippen molar-refractivity contribution in [2.75, 3.05) is 26.2 Å². The van der Waals surface area contributed by atoms with Gasteiger partial charge in [0.05, 0.1) is 0 Å². The molecule has 1 heterocycles. The molecule has 0 saturated carbocycles. The fraction of sp³-hybridized carbons (Fsp3) is 1.00. The highest BCUT2D eigenvalue weighted by Crippen LogP contribution is 1.65. The van der Waals surface area contributed by atoms with E-state index in [-0.39, 0.29) is 35.8 Å². The quantitative estimate of drug-likeness (QED) is 0.486. The van der Waals surface area contributed by atoms with Gasteiger partial charge in [0.2, 0.25) is 0 Å². The van der Waals surface area contributed by atoms with Crippen LogP contribution in [0.15, 0.2) is 0 Å². The van der Waals surface area contributed by atoms with Crippen molar-refractivity contribution in [3.63, 3.8) is 0 Å². The fourth-order valence-electron chi connectivity index (χ4n) is 0.604. The second-order valence-corrected chi connectivity index (χ2v) is 1.50. The number of nitrogens with one attached hydrogen (secondary N) is 2. The number of rotatable bonds is 0. The number of piperazine rings is 1. The van der Waals surface area contributed by atoms with Gasteiger partial charge in [0.15, 0.2) is 0 Å². The zero-order chi connectivity index (χ0) is 4.24. The normalized spacial score (nSPS) is 14.4. The highest BCUT2D eigenvalue weighted by atomic mass is 35.5. The standard InChI is InChI=1S/C4H10N2.2ClH.2H2O/c1-2-6-4-3-5-1;;;;/h5-6H,1-4H2;2*1H;2*1H2. The molecule has 0 bridgehead atoms. The van der Waals surface area contributed by atoms with Crippen LogP contribution in [0.2, 0.25) is 0 Å². The van der Waals surface area contributed by atoms with Crippen LogP contribution in [0.5, 0.6) is 0 Å². The van der Waals surface area contributed by atoms with Crippen LogP contribution in [0.1, 0.15) is 0 Å². The molecule has 0 unspecified atom stereocenters. The molecule has 0 atom stereocenters. The minimum atomic E-state index is 0. The van der Waals surface area contributed by atoms with Crippen LogP contribution < -0.4 is 10.6 Å². The van der Waals surface area contributed by atoms with Gasteiger partial charge >= 0.3 is 0 Å². The molecule has 0 aromatic rings. The molecule has 0 amide bonds. The van der Waals surface area contributed by atoms with Crippen molar-refractivity contribution in [3.8, 4) is 0 Å². The summed E-state index contributed by atoms with van der Waals surface area (Å²) in [6.07, 6.45) is 0. The Morgan fingerprint density at radius 2 is 0.800 bits per heavy atom. The van der Waals surface area contributed by atoms with Gasteiger partial charge in [0, 0.05) is 26.2 Å². The molecule has 68 valence electrons. The predicted molar refractivity (Wildman–Crippen MR) is 47.5 cm³/mol. The average molecular weight is 195 g/mol. The summed E-state index contributed by atoms with van der Waals surface area (Å²) >= 11 is 0. The van der Waals surface area contributed by atoms with Gasteiger partial charge in [-0.3, -0.25) is 0 Å². The Labute approximate surface area is 73.2 Å². The first kappa shape index (κ1) is 22.4. The predicted octanol–water partition coefficient (Wildman–Crippen LogP) is -1.63. The Kier molecular flexibility index (Phi) is 36.4. The Morgan fingerprint density at radius 3 is 0.900 bits per heavy atom. The van der Waals surface area contributed by atoms with Gasteiger partial charge < -0.3 is 21.6 Å². The SMILES string of the molecule is C1CNCCN1.Cl.Cl.O.O. The van der Waals surface area contributed by atoms with Gasteiger partial charge in [0.1, 0.15) is 0 Å². The third-order valence-corrected chi connectivity index (χ3v) is 0.957. The van der Waals surface area contributed by atoms with Gasteiger partial charge in [-0.1, -0.05) is 0 Å². The molecule has 10 heavy (non-hydrogen) atoms. The number of halogens is 2. The van der Waals surface area contributed by atoms with Gasteiger partial charge in [-0.05, 0) is 0 Å². The molecule has 0 radical (unpaired) electrons. The minimum absolute atomic E-state index is 0. The van der Waals surface area contributed by atoms with E-state index in [1.165, 1.54) is 0 Å². The maximum atomic E-state index is 3.22. The number of hydrogen-bond donors (Lipinski definition) is 2. The van der Waals surface area contributed by atoms with Crippen molar-refractivity contribution in [1.82, 2.24) is 10.6 Å². The molecule has 6 N–H and O–H groups in total. The van der Waals surface area contributed by atoms with E-state index in [9.17, 15) is 0 Å². The first-order valence-electron chi connectivity index (χ1n) is 2.41. The molecule has 6 heteroatoms. The summed E-state index contributed by atoms with van der Waals surface area (Å²) in [6, 6.07) is 0. The summed E-state index contributed by atoms with van der Waals surface area (Å²) < 4.78 is 0. The lowest BCUT2D eigenvalue weighted by Crippen LogP contribution is -2.39. The summed E-state index contributed by atoms with van der Waals surface area (Å²) in [5.41, 5.74) is 0. The Morgan fingerprint density at radius 1 is 0.600 bits per heavy atom. The molecule has 0 aromatic carbocycles. The maximum absolute atomic E-state index is 3.22. The fourth-order valence-corrected chi connectivity index (χ4v) is 0.604. The lowest BCUT2D eigenvalue weighted by atomic mass is 10.4. The molecule has 0 aromatic heterocycles. The van der Waals surface area contributed by atoms with Crippen molar-refractivity contribution in [3.05, 3.63) is 0 Å². The van der Waals surface area contributed by atoms with E-state index < -0.39 is 0 Å². The monoisotopic (exact) mass is 194 g/mol. The van der Waals surface area contributed by atoms with E-state index in [4.69, 9.17) is 0 Å². The summed E-state index contributed by atoms with van der Waals surface area (Å²) in [4.78, 5) is 0. The Hall–Kier alpha value is 0.420. The molecular weight excluding hydrogens is 179 g/mol. The maximum Gasteiger partial charge on any atom is 0.00772 e. The lowest BCUT2D eigenvalue weighted by molar-refractivity contribution is 0.534. The zero-order valence-electron chi connectivity index (χ0n) is 5.64. The highest BCUT2D eigenvalue weighted by molar-refractivity contribution is 5.85. The van der Waals surface area contributed by atoms with E-state index >= 15 is 0 Å². The lowest BCUT2D eigenvalue weighted by Gasteiger charge is -2.11. The van der Waals surface area contributed by atoms with Crippen LogP contribution in [-0.2, 0) is 0 Å². The molecule has 1 fully saturated rings. The van der Waals surface area contributed by atoms with Gasteiger partial charge in [-0.15, -0.1) is 24.8 Å². The molecule has 1 aliphatic rings. The summed E-state index contributed by atoms with van der Waals surface area (Å²) in [5, 5.41) is 6.44. The molecule has 0 spiro atoms. The summed E-state index contributed by atoms with van der Waals surface area (Å²) in [6.45, 7) is 4.56. The Bertz CT molecular complexity index is 34.7. The highest BCUT2D eigenvalue weighted by Gasteiger charge is 1.91. The van der Waals surface area contributed by atoms with E-state index in [1.54, 1.807) is 0 Å². The van der Waals surface area contributed by atoms with Crippen LogP contribution in [-0.4, -0.2) is 37.1 Å². The van der Waals surface area contributed by atoms with Crippen LogP contribution in [0, 0.1) is 0 Å². The minimum Gasteiger partial charge on any atom is -0.412 e. The third-order valence-electron chi connectivity index (χ3n) is 0.957. The molecule has 4 nitrogen and oxygen atoms in total. The third kappa shape index (κ3) is 11.2. The van der Waals surface area contributed by atoms with E-state index in [2.05, 4.69) is 10.6 Å². The van der Waals surface area contributed by atoms with Crippen molar-refractivity contribution in [2.24, 2.45) is 0 Å². The summed E-state index contributed by atoms with van der Waals surface area (Å²) in [7, 11) is 0. The van der Waals surface area contributed by atoms with Crippen LogP contribution in [0.3, 0.4) is 0 Å². The van der Waals surface area contributed by atoms with Crippen molar-refractivity contribution >= 4 is 24.8 Å². The first-order chi connectivity index (χ1) is 3.00. The smallest absolute Gasteiger partial charge is 0.00772 e. The van der Waals surface area contributed by atoms with Gasteiger partial charge in [-0.25, -0.2) is 0 Å². The van der Waals surface area contributed by atoms with E-state index in [1.807, 2.05) is 0 Å². The van der Waals surface area contributed by atoms with Gasteiger partial charge in [0.25, 0.3) is 0 Å².